The van der Waals surface area contributed by atoms with Gasteiger partial charge in [0.2, 0.25) is 5.91 Å². The number of rotatable bonds is 7. The van der Waals surface area contributed by atoms with E-state index < -0.39 is 0 Å². The highest BCUT2D eigenvalue weighted by Crippen LogP contribution is 2.31. The van der Waals surface area contributed by atoms with Crippen LogP contribution in [0.15, 0.2) is 65.6 Å². The predicted molar refractivity (Wildman–Crippen MR) is 130 cm³/mol. The van der Waals surface area contributed by atoms with Gasteiger partial charge in [0.15, 0.2) is 0 Å². The number of anilines is 1. The van der Waals surface area contributed by atoms with Crippen molar-refractivity contribution in [3.05, 3.63) is 81.2 Å². The van der Waals surface area contributed by atoms with Crippen molar-refractivity contribution in [2.75, 3.05) is 11.9 Å². The highest BCUT2D eigenvalue weighted by atomic mass is 35.5. The average Bonchev–Trinajstić information content (AvgIpc) is 2.99. The second-order valence-corrected chi connectivity index (χ2v) is 8.90. The third-order valence-electron chi connectivity index (χ3n) is 4.20. The first-order valence-corrected chi connectivity index (χ1v) is 11.1. The Bertz CT molecular complexity index is 1020. The van der Waals surface area contributed by atoms with Crippen LogP contribution >= 0.6 is 47.2 Å². The monoisotopic (exact) mass is 476 g/mol. The van der Waals surface area contributed by atoms with Crippen molar-refractivity contribution in [3.63, 3.8) is 0 Å². The quantitative estimate of drug-likeness (QED) is 0.383. The summed E-state index contributed by atoms with van der Waals surface area (Å²) in [5, 5.41) is 3.57. The maximum absolute atomic E-state index is 12.6. The number of thioether (sulfide) groups is 1. The molecule has 4 nitrogen and oxygen atoms in total. The number of nitrogens with zero attached hydrogens (tertiary/aromatic N) is 1. The molecule has 1 fully saturated rings. The normalized spacial score (nSPS) is 15.4. The number of carbonyl (C=O) groups excluding carboxylic acids is 2. The molecule has 2 aromatic carbocycles. The predicted octanol–water partition coefficient (Wildman–Crippen LogP) is 6.17. The van der Waals surface area contributed by atoms with Crippen LogP contribution in [0.25, 0.3) is 6.08 Å². The number of allylic oxidation sites excluding steroid dienone is 2. The van der Waals surface area contributed by atoms with Gasteiger partial charge in [0, 0.05) is 18.7 Å². The van der Waals surface area contributed by atoms with Crippen molar-refractivity contribution >= 4 is 75.1 Å². The Morgan fingerprint density at radius 2 is 1.90 bits per heavy atom. The second-order valence-electron chi connectivity index (χ2n) is 6.41. The molecule has 0 saturated carbocycles. The van der Waals surface area contributed by atoms with Crippen LogP contribution in [0.2, 0.25) is 10.0 Å². The maximum Gasteiger partial charge on any atom is 0.266 e. The fraction of sp³-hybridized carbons (Fsp3) is 0.136. The summed E-state index contributed by atoms with van der Waals surface area (Å²) < 4.78 is 0.504. The van der Waals surface area contributed by atoms with Gasteiger partial charge < -0.3 is 5.32 Å². The van der Waals surface area contributed by atoms with E-state index in [1.807, 2.05) is 42.5 Å². The second kappa shape index (κ2) is 10.8. The van der Waals surface area contributed by atoms with Crippen molar-refractivity contribution in [2.45, 2.75) is 12.8 Å². The van der Waals surface area contributed by atoms with Crippen LogP contribution in [0.4, 0.5) is 5.69 Å². The zero-order valence-corrected chi connectivity index (χ0v) is 19.0. The molecule has 154 valence electrons. The third kappa shape index (κ3) is 6.19. The number of hydrogen-bond donors (Lipinski definition) is 1. The molecule has 30 heavy (non-hydrogen) atoms. The van der Waals surface area contributed by atoms with E-state index in [9.17, 15) is 9.59 Å². The zero-order chi connectivity index (χ0) is 21.5. The molecule has 2 amide bonds. The number of benzene rings is 2. The molecule has 0 aliphatic carbocycles. The lowest BCUT2D eigenvalue weighted by Crippen LogP contribution is -2.29. The van der Waals surface area contributed by atoms with Crippen LogP contribution < -0.4 is 5.32 Å². The SMILES string of the molecule is O=C(CCCN1C(=O)/C(=C/C=C/c2ccccc2)SC1=S)Nc1ccc(Cl)c(Cl)c1. The van der Waals surface area contributed by atoms with E-state index in [1.54, 1.807) is 24.3 Å². The van der Waals surface area contributed by atoms with E-state index in [1.165, 1.54) is 16.7 Å². The topological polar surface area (TPSA) is 49.4 Å². The Hall–Kier alpha value is -2.12. The van der Waals surface area contributed by atoms with Gasteiger partial charge in [-0.15, -0.1) is 0 Å². The molecule has 1 N–H and O–H groups in total. The van der Waals surface area contributed by atoms with Gasteiger partial charge >= 0.3 is 0 Å². The lowest BCUT2D eigenvalue weighted by Gasteiger charge is -2.14. The first-order chi connectivity index (χ1) is 14.4. The van der Waals surface area contributed by atoms with Crippen LogP contribution in [0.3, 0.4) is 0 Å². The highest BCUT2D eigenvalue weighted by molar-refractivity contribution is 8.26. The van der Waals surface area contributed by atoms with Crippen molar-refractivity contribution in [1.82, 2.24) is 4.90 Å². The molecule has 3 rings (SSSR count). The van der Waals surface area contributed by atoms with Gasteiger partial charge in [0.05, 0.1) is 15.0 Å². The summed E-state index contributed by atoms with van der Waals surface area (Å²) in [5.74, 6) is -0.298. The molecule has 0 aromatic heterocycles. The summed E-state index contributed by atoms with van der Waals surface area (Å²) in [6.07, 6.45) is 6.28. The van der Waals surface area contributed by atoms with Crippen molar-refractivity contribution in [2.24, 2.45) is 0 Å². The summed E-state index contributed by atoms with van der Waals surface area (Å²) in [5.41, 5.74) is 1.63. The van der Waals surface area contributed by atoms with E-state index in [0.29, 0.717) is 37.9 Å². The number of amides is 2. The van der Waals surface area contributed by atoms with Crippen LogP contribution in [0.1, 0.15) is 18.4 Å². The minimum atomic E-state index is -0.167. The fourth-order valence-corrected chi connectivity index (χ4v) is 4.27. The molecule has 0 bridgehead atoms. The summed E-state index contributed by atoms with van der Waals surface area (Å²) in [4.78, 5) is 26.8. The molecule has 0 radical (unpaired) electrons. The molecule has 0 spiro atoms. The number of thiocarbonyl (C=S) groups is 1. The van der Waals surface area contributed by atoms with E-state index in [4.69, 9.17) is 35.4 Å². The van der Waals surface area contributed by atoms with E-state index in [-0.39, 0.29) is 18.2 Å². The van der Waals surface area contributed by atoms with Crippen LogP contribution in [0, 0.1) is 0 Å². The largest absolute Gasteiger partial charge is 0.326 e. The number of nitrogens with one attached hydrogen (secondary N) is 1. The molecular formula is C22H18Cl2N2O2S2. The summed E-state index contributed by atoms with van der Waals surface area (Å²) in [7, 11) is 0. The van der Waals surface area contributed by atoms with Crippen LogP contribution in [0.5, 0.6) is 0 Å². The molecule has 1 saturated heterocycles. The Labute approximate surface area is 194 Å². The van der Waals surface area contributed by atoms with Gasteiger partial charge in [0.25, 0.3) is 5.91 Å². The molecule has 8 heteroatoms. The summed E-state index contributed by atoms with van der Waals surface area (Å²) in [6, 6.07) is 14.7. The minimum Gasteiger partial charge on any atom is -0.326 e. The standard InChI is InChI=1S/C22H18Cl2N2O2S2/c23-17-12-11-16(14-18(17)24)25-20(27)10-5-13-26-21(28)19(30-22(26)29)9-4-8-15-6-2-1-3-7-15/h1-4,6-9,11-12,14H,5,10,13H2,(H,25,27)/b8-4+,19-9-. The van der Waals surface area contributed by atoms with E-state index in [2.05, 4.69) is 5.32 Å². The molecule has 0 unspecified atom stereocenters. The average molecular weight is 477 g/mol. The Balaban J connectivity index is 1.49. The van der Waals surface area contributed by atoms with Crippen molar-refractivity contribution in [1.29, 1.82) is 0 Å². The third-order valence-corrected chi connectivity index (χ3v) is 6.33. The van der Waals surface area contributed by atoms with Gasteiger partial charge in [-0.3, -0.25) is 14.5 Å². The number of hydrogen-bond acceptors (Lipinski definition) is 4. The molecule has 1 aliphatic rings. The smallest absolute Gasteiger partial charge is 0.266 e. The molecule has 2 aromatic rings. The Morgan fingerprint density at radius 1 is 1.13 bits per heavy atom. The van der Waals surface area contributed by atoms with Crippen LogP contribution in [-0.2, 0) is 9.59 Å². The summed E-state index contributed by atoms with van der Waals surface area (Å²) >= 11 is 18.4. The fourth-order valence-electron chi connectivity index (χ4n) is 2.71. The molecule has 1 heterocycles. The Kier molecular flexibility index (Phi) is 8.10. The van der Waals surface area contributed by atoms with E-state index >= 15 is 0 Å². The molecule has 1 aliphatic heterocycles. The Morgan fingerprint density at radius 3 is 2.63 bits per heavy atom. The molecular weight excluding hydrogens is 459 g/mol. The zero-order valence-electron chi connectivity index (χ0n) is 15.8. The number of halogens is 2. The van der Waals surface area contributed by atoms with Crippen molar-refractivity contribution < 1.29 is 9.59 Å². The first kappa shape index (κ1) is 22.6. The van der Waals surface area contributed by atoms with Gasteiger partial charge in [0.1, 0.15) is 4.32 Å². The highest BCUT2D eigenvalue weighted by Gasteiger charge is 2.31. The van der Waals surface area contributed by atoms with E-state index in [0.717, 1.165) is 5.56 Å². The maximum atomic E-state index is 12.6. The molecule has 0 atom stereocenters. The van der Waals surface area contributed by atoms with Crippen LogP contribution in [-0.4, -0.2) is 27.6 Å². The first-order valence-electron chi connectivity index (χ1n) is 9.16. The van der Waals surface area contributed by atoms with Gasteiger partial charge in [-0.25, -0.2) is 0 Å². The van der Waals surface area contributed by atoms with Gasteiger partial charge in [-0.05, 0) is 36.3 Å². The van der Waals surface area contributed by atoms with Gasteiger partial charge in [-0.2, -0.15) is 0 Å². The lowest BCUT2D eigenvalue weighted by molar-refractivity contribution is -0.122. The minimum absolute atomic E-state index is 0.132. The lowest BCUT2D eigenvalue weighted by atomic mass is 10.2. The van der Waals surface area contributed by atoms with Crippen molar-refractivity contribution in [3.8, 4) is 0 Å². The summed E-state index contributed by atoms with van der Waals surface area (Å²) in [6.45, 7) is 0.388. The number of carbonyl (C=O) groups is 2. The van der Waals surface area contributed by atoms with Gasteiger partial charge in [-0.1, -0.05) is 89.7 Å².